The molecule has 4 aromatic carbocycles. The number of benzene rings is 4. The summed E-state index contributed by atoms with van der Waals surface area (Å²) in [6, 6.07) is 26.7. The summed E-state index contributed by atoms with van der Waals surface area (Å²) in [5, 5.41) is 21.1. The fourth-order valence-electron chi connectivity index (χ4n) is 4.56. The molecule has 3 amide bonds. The van der Waals surface area contributed by atoms with E-state index in [1.165, 1.54) is 55.5 Å². The molecular formula is C36H31N5O7S2. The molecule has 0 aliphatic heterocycles. The third kappa shape index (κ3) is 9.12. The molecule has 0 radical (unpaired) electrons. The molecule has 0 aliphatic rings. The van der Waals surface area contributed by atoms with E-state index >= 15 is 0 Å². The topological polar surface area (TPSA) is 162 Å². The number of carbonyl (C=O) groups excluding carboxylic acids is 3. The van der Waals surface area contributed by atoms with Crippen molar-refractivity contribution in [2.24, 2.45) is 0 Å². The van der Waals surface area contributed by atoms with Crippen LogP contribution < -0.4 is 25.4 Å². The summed E-state index contributed by atoms with van der Waals surface area (Å²) >= 11 is 2.53. The van der Waals surface area contributed by atoms with Crippen LogP contribution in [0, 0.1) is 10.1 Å². The zero-order valence-electron chi connectivity index (χ0n) is 27.0. The minimum atomic E-state index is -0.562. The molecule has 3 N–H and O–H groups in total. The van der Waals surface area contributed by atoms with Gasteiger partial charge in [-0.25, -0.2) is 4.98 Å². The lowest BCUT2D eigenvalue weighted by Crippen LogP contribution is -2.30. The molecule has 0 saturated carbocycles. The Morgan fingerprint density at radius 2 is 1.68 bits per heavy atom. The second-order valence-electron chi connectivity index (χ2n) is 10.6. The number of ether oxygens (including phenoxy) is 2. The molecule has 1 unspecified atom stereocenters. The number of non-ortho nitro benzene ring substituents is 1. The number of nitrogens with zero attached hydrogens (tertiary/aromatic N) is 2. The van der Waals surface area contributed by atoms with E-state index < -0.39 is 22.0 Å². The first-order chi connectivity index (χ1) is 24.1. The van der Waals surface area contributed by atoms with Gasteiger partial charge in [0.25, 0.3) is 17.5 Å². The van der Waals surface area contributed by atoms with Gasteiger partial charge in [0.2, 0.25) is 5.91 Å². The minimum Gasteiger partial charge on any atom is -0.497 e. The molecule has 5 aromatic rings. The first-order valence-corrected chi connectivity index (χ1v) is 16.8. The predicted molar refractivity (Wildman–Crippen MR) is 195 cm³/mol. The van der Waals surface area contributed by atoms with Gasteiger partial charge >= 0.3 is 0 Å². The van der Waals surface area contributed by atoms with Crippen LogP contribution in [0.1, 0.15) is 22.8 Å². The molecule has 5 rings (SSSR count). The quantitative estimate of drug-likeness (QED) is 0.0494. The fraction of sp³-hybridized carbons (Fsp3) is 0.111. The van der Waals surface area contributed by atoms with Crippen molar-refractivity contribution in [1.82, 2.24) is 10.3 Å². The Balaban J connectivity index is 1.24. The van der Waals surface area contributed by atoms with E-state index in [0.717, 1.165) is 4.90 Å². The van der Waals surface area contributed by atoms with Crippen LogP contribution in [-0.2, 0) is 9.59 Å². The Morgan fingerprint density at radius 3 is 2.38 bits per heavy atom. The number of carbonyl (C=O) groups is 3. The number of nitrogens with one attached hydrogen (secondary N) is 3. The Bertz CT molecular complexity index is 2050. The summed E-state index contributed by atoms with van der Waals surface area (Å²) in [6.45, 7) is 1.75. The van der Waals surface area contributed by atoms with Crippen LogP contribution in [-0.4, -0.2) is 47.1 Å². The van der Waals surface area contributed by atoms with Gasteiger partial charge in [-0.1, -0.05) is 30.3 Å². The molecule has 254 valence electrons. The minimum absolute atomic E-state index is 0.0121. The maximum atomic E-state index is 13.5. The lowest BCUT2D eigenvalue weighted by atomic mass is 10.1. The molecule has 0 fully saturated rings. The number of methoxy groups -OCH3 is 2. The number of amides is 3. The van der Waals surface area contributed by atoms with Crippen LogP contribution >= 0.6 is 23.1 Å². The van der Waals surface area contributed by atoms with E-state index in [2.05, 4.69) is 20.9 Å². The molecule has 1 aromatic heterocycles. The lowest BCUT2D eigenvalue weighted by molar-refractivity contribution is -0.384. The van der Waals surface area contributed by atoms with Crippen molar-refractivity contribution in [3.63, 3.8) is 0 Å². The number of thiazole rings is 1. The Hall–Kier alpha value is -5.99. The van der Waals surface area contributed by atoms with Crippen LogP contribution in [0.3, 0.4) is 0 Å². The largest absolute Gasteiger partial charge is 0.497 e. The average Bonchev–Trinajstić information content (AvgIpc) is 3.61. The van der Waals surface area contributed by atoms with Crippen LogP contribution in [0.5, 0.6) is 11.5 Å². The van der Waals surface area contributed by atoms with Gasteiger partial charge < -0.3 is 25.4 Å². The molecule has 14 heteroatoms. The summed E-state index contributed by atoms with van der Waals surface area (Å²) in [7, 11) is 3.03. The molecule has 0 saturated heterocycles. The van der Waals surface area contributed by atoms with Gasteiger partial charge in [0, 0.05) is 50.9 Å². The smallest absolute Gasteiger partial charge is 0.272 e. The van der Waals surface area contributed by atoms with Crippen molar-refractivity contribution in [2.45, 2.75) is 17.1 Å². The van der Waals surface area contributed by atoms with Crippen molar-refractivity contribution in [1.29, 1.82) is 0 Å². The number of nitro benzene ring substituents is 1. The van der Waals surface area contributed by atoms with Crippen molar-refractivity contribution in [3.8, 4) is 22.8 Å². The number of anilines is 2. The highest BCUT2D eigenvalue weighted by Crippen LogP contribution is 2.30. The second-order valence-corrected chi connectivity index (χ2v) is 12.8. The van der Waals surface area contributed by atoms with E-state index in [1.54, 1.807) is 97.2 Å². The molecule has 0 spiro atoms. The van der Waals surface area contributed by atoms with E-state index in [0.29, 0.717) is 44.7 Å². The van der Waals surface area contributed by atoms with Gasteiger partial charge in [0.1, 0.15) is 17.2 Å². The highest BCUT2D eigenvalue weighted by molar-refractivity contribution is 8.00. The second kappa shape index (κ2) is 16.4. The van der Waals surface area contributed by atoms with Gasteiger partial charge in [-0.3, -0.25) is 24.5 Å². The first-order valence-electron chi connectivity index (χ1n) is 15.0. The normalized spacial score (nSPS) is 11.6. The van der Waals surface area contributed by atoms with Gasteiger partial charge in [0.05, 0.1) is 30.1 Å². The fourth-order valence-corrected chi connectivity index (χ4v) is 6.15. The highest BCUT2D eigenvalue weighted by atomic mass is 32.2. The standard InChI is InChI=1S/C36H31N5O7S2/c1-22(33(42)40-36-39-31(21-49-36)24-10-7-11-27(18-24)41(45)46)50-29-16-13-26(14-17-29)37-35(44)30(38-34(43)23-8-5-4-6-9-23)19-25-12-15-28(47-2)20-32(25)48-3/h4-22H,1-3H3,(H,37,44)(H,38,43)(H,39,40,42)/b30-19-. The molecule has 0 bridgehead atoms. The van der Waals surface area contributed by atoms with Gasteiger partial charge in [0.15, 0.2) is 5.13 Å². The number of thioether (sulfide) groups is 1. The number of rotatable bonds is 13. The molecule has 50 heavy (non-hydrogen) atoms. The molecule has 0 aliphatic carbocycles. The summed E-state index contributed by atoms with van der Waals surface area (Å²) in [6.07, 6.45) is 1.52. The van der Waals surface area contributed by atoms with Crippen molar-refractivity contribution < 1.29 is 28.8 Å². The Morgan fingerprint density at radius 1 is 0.920 bits per heavy atom. The number of hydrogen-bond donors (Lipinski definition) is 3. The maximum Gasteiger partial charge on any atom is 0.272 e. The monoisotopic (exact) mass is 709 g/mol. The zero-order valence-corrected chi connectivity index (χ0v) is 28.7. The Kier molecular flexibility index (Phi) is 11.6. The van der Waals surface area contributed by atoms with Crippen molar-refractivity contribution >= 4 is 63.4 Å². The third-order valence-electron chi connectivity index (χ3n) is 7.15. The predicted octanol–water partition coefficient (Wildman–Crippen LogP) is 7.26. The van der Waals surface area contributed by atoms with Crippen LogP contribution in [0.2, 0.25) is 0 Å². The van der Waals surface area contributed by atoms with Gasteiger partial charge in [-0.15, -0.1) is 23.1 Å². The SMILES string of the molecule is COc1ccc(/C=C(\NC(=O)c2ccccc2)C(=O)Nc2ccc(SC(C)C(=O)Nc3nc(-c4cccc([N+](=O)[O-])c4)cs3)cc2)c(OC)c1. The summed E-state index contributed by atoms with van der Waals surface area (Å²) in [5.41, 5.74) is 2.43. The number of hydrogen-bond acceptors (Lipinski definition) is 10. The van der Waals surface area contributed by atoms with E-state index in [-0.39, 0.29) is 17.3 Å². The van der Waals surface area contributed by atoms with E-state index in [9.17, 15) is 24.5 Å². The van der Waals surface area contributed by atoms with Crippen molar-refractivity contribution in [2.75, 3.05) is 24.9 Å². The maximum absolute atomic E-state index is 13.5. The van der Waals surface area contributed by atoms with E-state index in [4.69, 9.17) is 9.47 Å². The summed E-state index contributed by atoms with van der Waals surface area (Å²) < 4.78 is 10.7. The van der Waals surface area contributed by atoms with Crippen LogP contribution in [0.4, 0.5) is 16.5 Å². The molecule has 1 heterocycles. The van der Waals surface area contributed by atoms with E-state index in [1.807, 2.05) is 0 Å². The molecule has 12 nitrogen and oxygen atoms in total. The average molecular weight is 710 g/mol. The first kappa shape index (κ1) is 35.3. The number of aromatic nitrogens is 1. The number of nitro groups is 1. The third-order valence-corrected chi connectivity index (χ3v) is 9.02. The van der Waals surface area contributed by atoms with Gasteiger partial charge in [-0.2, -0.15) is 0 Å². The molecule has 1 atom stereocenters. The molecular weight excluding hydrogens is 679 g/mol. The lowest BCUT2D eigenvalue weighted by Gasteiger charge is -2.14. The van der Waals surface area contributed by atoms with Crippen LogP contribution in [0.15, 0.2) is 113 Å². The Labute approximate surface area is 295 Å². The summed E-state index contributed by atoms with van der Waals surface area (Å²) in [4.78, 5) is 55.3. The zero-order chi connectivity index (χ0) is 35.6. The summed E-state index contributed by atoms with van der Waals surface area (Å²) in [5.74, 6) is -0.283. The highest BCUT2D eigenvalue weighted by Gasteiger charge is 2.19. The van der Waals surface area contributed by atoms with Crippen LogP contribution in [0.25, 0.3) is 17.3 Å². The van der Waals surface area contributed by atoms with Gasteiger partial charge in [-0.05, 0) is 61.5 Å². The van der Waals surface area contributed by atoms with Crippen molar-refractivity contribution in [3.05, 3.63) is 129 Å².